The molecule has 1 saturated carbocycles. The fraction of sp³-hybridized carbons (Fsp3) is 0.500. The van der Waals surface area contributed by atoms with Gasteiger partial charge in [-0.15, -0.1) is 5.10 Å². The number of aromatic nitrogens is 3. The van der Waals surface area contributed by atoms with Crippen LogP contribution in [0.25, 0.3) is 5.69 Å². The van der Waals surface area contributed by atoms with Gasteiger partial charge in [0.15, 0.2) is 0 Å². The quantitative estimate of drug-likeness (QED) is 0.592. The smallest absolute Gasteiger partial charge is 0.242 e. The van der Waals surface area contributed by atoms with Crippen LogP contribution in [-0.4, -0.2) is 51.6 Å². The summed E-state index contributed by atoms with van der Waals surface area (Å²) in [5.41, 5.74) is 2.38. The van der Waals surface area contributed by atoms with Gasteiger partial charge < -0.3 is 5.32 Å². The van der Waals surface area contributed by atoms with E-state index >= 15 is 0 Å². The summed E-state index contributed by atoms with van der Waals surface area (Å²) in [6, 6.07) is 7.58. The predicted molar refractivity (Wildman–Crippen MR) is 109 cm³/mol. The lowest BCUT2D eigenvalue weighted by Crippen LogP contribution is -2.44. The molecule has 2 aromatic rings. The number of aryl methyl sites for hydroxylation is 1. The van der Waals surface area contributed by atoms with Crippen molar-refractivity contribution >= 4 is 13.8 Å². The Labute approximate surface area is 170 Å². The van der Waals surface area contributed by atoms with Crippen LogP contribution in [0.3, 0.4) is 0 Å². The molecule has 0 spiro atoms. The molecular weight excluding hydrogens is 390 g/mol. The van der Waals surface area contributed by atoms with E-state index < -0.39 is 0 Å². The number of amides is 1. The normalized spacial score (nSPS) is 24.5. The summed E-state index contributed by atoms with van der Waals surface area (Å²) < 4.78 is 15.0. The molecule has 2 aliphatic heterocycles. The van der Waals surface area contributed by atoms with E-state index in [0.717, 1.165) is 11.4 Å². The number of carbonyl (C=O) groups excluding carboxylic acids is 1. The molecule has 2 unspecified atom stereocenters. The lowest BCUT2D eigenvalue weighted by molar-refractivity contribution is -0.121. The summed E-state index contributed by atoms with van der Waals surface area (Å²) in [6.45, 7) is 1.88. The van der Waals surface area contributed by atoms with Gasteiger partial charge in [-0.2, -0.15) is 5.26 Å². The summed E-state index contributed by atoms with van der Waals surface area (Å²) >= 11 is 0. The molecule has 3 heterocycles. The van der Waals surface area contributed by atoms with E-state index in [9.17, 15) is 9.18 Å². The zero-order valence-electron chi connectivity index (χ0n) is 16.3. The molecule has 3 aliphatic rings. The molecule has 1 aromatic heterocycles. The van der Waals surface area contributed by atoms with Gasteiger partial charge in [0.25, 0.3) is 0 Å². The number of hydrogen-bond acceptors (Lipinski definition) is 5. The lowest BCUT2D eigenvalue weighted by atomic mass is 10.2. The van der Waals surface area contributed by atoms with Gasteiger partial charge in [0.1, 0.15) is 18.1 Å². The molecule has 2 saturated heterocycles. The Morgan fingerprint density at radius 3 is 2.90 bits per heavy atom. The van der Waals surface area contributed by atoms with Crippen LogP contribution in [-0.2, 0) is 4.79 Å². The van der Waals surface area contributed by atoms with Gasteiger partial charge in [0.2, 0.25) is 5.91 Å². The van der Waals surface area contributed by atoms with Gasteiger partial charge in [0, 0.05) is 12.0 Å². The van der Waals surface area contributed by atoms with E-state index in [1.54, 1.807) is 17.7 Å². The Balaban J connectivity index is 0.000000145. The first-order valence-electron chi connectivity index (χ1n) is 9.88. The molecule has 29 heavy (non-hydrogen) atoms. The fourth-order valence-corrected chi connectivity index (χ4v) is 6.64. The average molecular weight is 414 g/mol. The first-order valence-corrected chi connectivity index (χ1v) is 11.7. The van der Waals surface area contributed by atoms with Crippen molar-refractivity contribution in [2.45, 2.75) is 43.9 Å². The third-order valence-electron chi connectivity index (χ3n) is 5.50. The molecular formula is C20H24FN6OP. The maximum absolute atomic E-state index is 13.4. The van der Waals surface area contributed by atoms with Crippen LogP contribution in [0.4, 0.5) is 4.39 Å². The molecule has 7 nitrogen and oxygen atoms in total. The van der Waals surface area contributed by atoms with Crippen molar-refractivity contribution in [2.24, 2.45) is 0 Å². The standard InChI is InChI=1S/C12H12FN3.C8H12N3OP/c1-8-2-5-10(6-11(8)13)16-7-12(14-15-16)9-3-4-9;9-2-3-10-7(12)8-11-6-1-4-13(8)5-6/h2,5-7,9H,3-4H2,1H3;6,8,11H,1,3-5H2,(H,10,12)/t;6?,8-,13?/m.0/s1. The number of carbonyl (C=O) groups is 1. The summed E-state index contributed by atoms with van der Waals surface area (Å²) in [7, 11) is -0.121. The second kappa shape index (κ2) is 8.56. The molecule has 1 amide bonds. The number of rotatable bonds is 4. The maximum Gasteiger partial charge on any atom is 0.242 e. The zero-order valence-corrected chi connectivity index (χ0v) is 17.2. The molecule has 3 fully saturated rings. The van der Waals surface area contributed by atoms with Crippen LogP contribution >= 0.6 is 7.92 Å². The number of fused-ring (bicyclic) bond motifs is 2. The van der Waals surface area contributed by atoms with E-state index in [0.29, 0.717) is 17.5 Å². The number of nitrogens with zero attached hydrogens (tertiary/aromatic N) is 4. The molecule has 3 atom stereocenters. The monoisotopic (exact) mass is 414 g/mol. The van der Waals surface area contributed by atoms with Gasteiger partial charge in [-0.05, 0) is 56.2 Å². The van der Waals surface area contributed by atoms with Crippen molar-refractivity contribution in [3.63, 3.8) is 0 Å². The number of nitrogens with one attached hydrogen (secondary N) is 2. The second-order valence-corrected chi connectivity index (χ2v) is 10.2. The minimum Gasteiger partial charge on any atom is -0.341 e. The van der Waals surface area contributed by atoms with E-state index in [2.05, 4.69) is 20.9 Å². The van der Waals surface area contributed by atoms with Crippen molar-refractivity contribution in [1.82, 2.24) is 25.6 Å². The van der Waals surface area contributed by atoms with Crippen LogP contribution in [0.2, 0.25) is 0 Å². The number of hydrogen-bond donors (Lipinski definition) is 2. The summed E-state index contributed by atoms with van der Waals surface area (Å²) in [6.07, 6.45) is 7.93. The van der Waals surface area contributed by atoms with Gasteiger partial charge in [-0.25, -0.2) is 9.07 Å². The zero-order chi connectivity index (χ0) is 20.4. The van der Waals surface area contributed by atoms with Crippen molar-refractivity contribution in [3.8, 4) is 11.8 Å². The fourth-order valence-electron chi connectivity index (χ4n) is 3.64. The van der Waals surface area contributed by atoms with Crippen LogP contribution in [0.15, 0.2) is 24.4 Å². The van der Waals surface area contributed by atoms with Crippen LogP contribution in [0.1, 0.15) is 36.4 Å². The highest BCUT2D eigenvalue weighted by Crippen LogP contribution is 2.52. The second-order valence-electron chi connectivity index (χ2n) is 7.72. The van der Waals surface area contributed by atoms with E-state index in [1.165, 1.54) is 37.7 Å². The number of nitriles is 1. The van der Waals surface area contributed by atoms with Crippen molar-refractivity contribution in [1.29, 1.82) is 5.26 Å². The minimum atomic E-state index is -0.207. The van der Waals surface area contributed by atoms with E-state index in [-0.39, 0.29) is 32.0 Å². The third kappa shape index (κ3) is 4.63. The largest absolute Gasteiger partial charge is 0.341 e. The first-order chi connectivity index (χ1) is 14.0. The molecule has 1 aliphatic carbocycles. The molecule has 2 bridgehead atoms. The average Bonchev–Trinajstić information content (AvgIpc) is 3.14. The van der Waals surface area contributed by atoms with Gasteiger partial charge in [-0.3, -0.25) is 10.1 Å². The summed E-state index contributed by atoms with van der Waals surface area (Å²) in [5.74, 6) is 0.418. The van der Waals surface area contributed by atoms with Crippen molar-refractivity contribution in [2.75, 3.05) is 18.9 Å². The van der Waals surface area contributed by atoms with Gasteiger partial charge >= 0.3 is 0 Å². The third-order valence-corrected chi connectivity index (χ3v) is 8.35. The van der Waals surface area contributed by atoms with Gasteiger partial charge in [-0.1, -0.05) is 19.2 Å². The summed E-state index contributed by atoms with van der Waals surface area (Å²) in [4.78, 5) is 11.5. The van der Waals surface area contributed by atoms with Crippen LogP contribution < -0.4 is 10.6 Å². The highest BCUT2D eigenvalue weighted by molar-refractivity contribution is 7.60. The van der Waals surface area contributed by atoms with Crippen LogP contribution in [0.5, 0.6) is 0 Å². The Bertz CT molecular complexity index is 937. The molecule has 5 rings (SSSR count). The highest BCUT2D eigenvalue weighted by Gasteiger charge is 2.42. The van der Waals surface area contributed by atoms with Crippen LogP contribution in [0, 0.1) is 24.1 Å². The molecule has 1 aromatic carbocycles. The highest BCUT2D eigenvalue weighted by atomic mass is 31.1. The number of halogens is 1. The lowest BCUT2D eigenvalue weighted by Gasteiger charge is -2.21. The molecule has 9 heteroatoms. The minimum absolute atomic E-state index is 0.0230. The molecule has 2 N–H and O–H groups in total. The summed E-state index contributed by atoms with van der Waals surface area (Å²) in [5, 5.41) is 22.3. The topological polar surface area (TPSA) is 95.6 Å². The Morgan fingerprint density at radius 2 is 2.28 bits per heavy atom. The Hall–Kier alpha value is -2.36. The first kappa shape index (κ1) is 19.9. The van der Waals surface area contributed by atoms with Crippen molar-refractivity contribution < 1.29 is 9.18 Å². The molecule has 0 radical (unpaired) electrons. The predicted octanol–water partition coefficient (Wildman–Crippen LogP) is 2.40. The van der Waals surface area contributed by atoms with E-state index in [1.807, 2.05) is 18.3 Å². The SMILES string of the molecule is Cc1ccc(-n2cc(C3CC3)nn2)cc1F.N#CCNC(=O)[C@H]1NC2CCP1C2. The van der Waals surface area contributed by atoms with Gasteiger partial charge in [0.05, 0.1) is 23.6 Å². The Morgan fingerprint density at radius 1 is 1.45 bits per heavy atom. The van der Waals surface area contributed by atoms with Crippen molar-refractivity contribution in [3.05, 3.63) is 41.5 Å². The maximum atomic E-state index is 13.4. The number of benzene rings is 1. The molecule has 152 valence electrons. The van der Waals surface area contributed by atoms with E-state index in [4.69, 9.17) is 5.26 Å². The Kier molecular flexibility index (Phi) is 5.89.